The van der Waals surface area contributed by atoms with Gasteiger partial charge in [0.1, 0.15) is 4.88 Å². The van der Waals surface area contributed by atoms with Crippen LogP contribution in [0.4, 0.5) is 0 Å². The molecule has 0 saturated carbocycles. The summed E-state index contributed by atoms with van der Waals surface area (Å²) in [4.78, 5) is 15.9. The highest BCUT2D eigenvalue weighted by Gasteiger charge is 2.18. The van der Waals surface area contributed by atoms with Gasteiger partial charge in [0.15, 0.2) is 0 Å². The highest BCUT2D eigenvalue weighted by atomic mass is 32.2. The van der Waals surface area contributed by atoms with Crippen molar-refractivity contribution in [3.8, 4) is 0 Å². The van der Waals surface area contributed by atoms with Crippen molar-refractivity contribution in [2.75, 3.05) is 12.3 Å². The fourth-order valence-electron chi connectivity index (χ4n) is 1.27. The number of nitrogens with one attached hydrogen (secondary N) is 1. The molecule has 106 valence electrons. The highest BCUT2D eigenvalue weighted by Crippen LogP contribution is 2.19. The molecule has 0 fully saturated rings. The second-order valence-corrected chi connectivity index (χ2v) is 7.30. The predicted octanol–water partition coefficient (Wildman–Crippen LogP) is 2.02. The number of carbonyl (C=O) groups is 1. The van der Waals surface area contributed by atoms with Crippen molar-refractivity contribution in [1.82, 2.24) is 10.3 Å². The molecule has 0 saturated heterocycles. The number of rotatable bonds is 7. The van der Waals surface area contributed by atoms with Gasteiger partial charge in [-0.2, -0.15) is 0 Å². The molecule has 0 spiro atoms. The Labute approximate surface area is 117 Å². The van der Waals surface area contributed by atoms with Crippen LogP contribution in [-0.4, -0.2) is 31.6 Å². The molecule has 5 nitrogen and oxygen atoms in total. The number of allylic oxidation sites excluding steroid dienone is 1. The number of sulfone groups is 1. The molecule has 1 aromatic heterocycles. The van der Waals surface area contributed by atoms with Gasteiger partial charge >= 0.3 is 0 Å². The minimum Gasteiger partial charge on any atom is -0.351 e. The second-order valence-electron chi connectivity index (χ2n) is 3.82. The zero-order valence-corrected chi connectivity index (χ0v) is 12.7. The predicted molar refractivity (Wildman–Crippen MR) is 76.2 cm³/mol. The smallest absolute Gasteiger partial charge is 0.263 e. The lowest BCUT2D eigenvalue weighted by Gasteiger charge is -1.99. The molecule has 0 unspecified atom stereocenters. The maximum Gasteiger partial charge on any atom is 0.263 e. The summed E-state index contributed by atoms with van der Waals surface area (Å²) in [6, 6.07) is 0. The molecule has 1 amide bonds. The topological polar surface area (TPSA) is 76.1 Å². The largest absolute Gasteiger partial charge is 0.351 e. The third-order valence-electron chi connectivity index (χ3n) is 2.35. The number of hydrogen-bond donors (Lipinski definition) is 1. The fourth-order valence-corrected chi connectivity index (χ4v) is 3.43. The summed E-state index contributed by atoms with van der Waals surface area (Å²) >= 11 is 0.912. The van der Waals surface area contributed by atoms with Crippen LogP contribution in [-0.2, 0) is 9.84 Å². The first-order chi connectivity index (χ1) is 9.01. The number of nitrogens with zero attached hydrogens (tertiary/aromatic N) is 1. The van der Waals surface area contributed by atoms with E-state index >= 15 is 0 Å². The van der Waals surface area contributed by atoms with Crippen molar-refractivity contribution in [1.29, 1.82) is 0 Å². The second kappa shape index (κ2) is 7.40. The van der Waals surface area contributed by atoms with Crippen molar-refractivity contribution in [3.63, 3.8) is 0 Å². The van der Waals surface area contributed by atoms with Gasteiger partial charge in [0.2, 0.25) is 14.2 Å². The van der Waals surface area contributed by atoms with Crippen LogP contribution in [0, 0.1) is 0 Å². The van der Waals surface area contributed by atoms with E-state index in [2.05, 4.69) is 10.3 Å². The first-order valence-corrected chi connectivity index (χ1v) is 8.60. The molecule has 0 aliphatic heterocycles. The van der Waals surface area contributed by atoms with Gasteiger partial charge in [-0.15, -0.1) is 0 Å². The Morgan fingerprint density at radius 1 is 1.42 bits per heavy atom. The zero-order chi connectivity index (χ0) is 14.3. The maximum atomic E-state index is 11.7. The molecule has 0 aliphatic rings. The van der Waals surface area contributed by atoms with Crippen LogP contribution in [0.2, 0.25) is 0 Å². The van der Waals surface area contributed by atoms with E-state index in [0.717, 1.165) is 24.2 Å². The molecule has 1 aromatic rings. The number of thiazole rings is 1. The Balaban J connectivity index is 2.57. The van der Waals surface area contributed by atoms with Gasteiger partial charge < -0.3 is 5.32 Å². The van der Waals surface area contributed by atoms with Gasteiger partial charge in [0.05, 0.1) is 11.9 Å². The number of amides is 1. The summed E-state index contributed by atoms with van der Waals surface area (Å²) in [7, 11) is -3.33. The molecule has 0 aromatic carbocycles. The van der Waals surface area contributed by atoms with Crippen LogP contribution in [0.3, 0.4) is 0 Å². The summed E-state index contributed by atoms with van der Waals surface area (Å²) in [5.41, 5.74) is 0. The van der Waals surface area contributed by atoms with Gasteiger partial charge in [-0.3, -0.25) is 4.79 Å². The Hall–Kier alpha value is -1.21. The van der Waals surface area contributed by atoms with E-state index in [9.17, 15) is 13.2 Å². The average molecular weight is 302 g/mol. The monoisotopic (exact) mass is 302 g/mol. The van der Waals surface area contributed by atoms with E-state index in [0.29, 0.717) is 11.4 Å². The summed E-state index contributed by atoms with van der Waals surface area (Å²) in [5, 5.41) is 2.73. The van der Waals surface area contributed by atoms with E-state index in [1.807, 2.05) is 19.1 Å². The van der Waals surface area contributed by atoms with Crippen molar-refractivity contribution in [3.05, 3.63) is 23.2 Å². The standard InChI is InChI=1S/C12H18N2O3S2/c1-3-5-6-7-8-13-11(15)10-9-14-12(18-10)19(16,17)4-2/h5-6,9H,3-4,7-8H2,1-2H3,(H,13,15)/b6-5-. The lowest BCUT2D eigenvalue weighted by Crippen LogP contribution is -2.23. The quantitative estimate of drug-likeness (QED) is 0.617. The van der Waals surface area contributed by atoms with E-state index in [-0.39, 0.29) is 16.0 Å². The Bertz CT molecular complexity index is 547. The summed E-state index contributed by atoms with van der Waals surface area (Å²) < 4.78 is 23.2. The molecule has 0 bridgehead atoms. The van der Waals surface area contributed by atoms with Gasteiger partial charge in [-0.1, -0.05) is 37.3 Å². The molecule has 1 N–H and O–H groups in total. The SMILES string of the molecule is CC/C=C\CCNC(=O)c1cnc(S(=O)(=O)CC)s1. The average Bonchev–Trinajstić information content (AvgIpc) is 2.88. The Kier molecular flexibility index (Phi) is 6.17. The van der Waals surface area contributed by atoms with Crippen molar-refractivity contribution >= 4 is 27.1 Å². The lowest BCUT2D eigenvalue weighted by molar-refractivity contribution is 0.0958. The number of carbonyl (C=O) groups excluding carboxylic acids is 1. The molecule has 1 heterocycles. The molecule has 1 rings (SSSR count). The third-order valence-corrected chi connectivity index (χ3v) is 5.55. The van der Waals surface area contributed by atoms with E-state index in [4.69, 9.17) is 0 Å². The first kappa shape index (κ1) is 15.8. The highest BCUT2D eigenvalue weighted by molar-refractivity contribution is 7.93. The van der Waals surface area contributed by atoms with Gasteiger partial charge in [-0.25, -0.2) is 13.4 Å². The minimum atomic E-state index is -3.33. The van der Waals surface area contributed by atoms with Crippen LogP contribution in [0.5, 0.6) is 0 Å². The normalized spacial score (nSPS) is 11.9. The van der Waals surface area contributed by atoms with Gasteiger partial charge in [-0.05, 0) is 12.8 Å². The van der Waals surface area contributed by atoms with Crippen LogP contribution in [0.1, 0.15) is 36.4 Å². The summed E-state index contributed by atoms with van der Waals surface area (Å²) in [5.74, 6) is -0.288. The van der Waals surface area contributed by atoms with Gasteiger partial charge in [0.25, 0.3) is 5.91 Å². The molecule has 0 radical (unpaired) electrons. The molecular formula is C12H18N2O3S2. The van der Waals surface area contributed by atoms with Crippen LogP contribution in [0.15, 0.2) is 22.7 Å². The summed E-state index contributed by atoms with van der Waals surface area (Å²) in [6.45, 7) is 4.13. The van der Waals surface area contributed by atoms with Gasteiger partial charge in [0, 0.05) is 6.54 Å². The van der Waals surface area contributed by atoms with Crippen molar-refractivity contribution in [2.45, 2.75) is 31.0 Å². The van der Waals surface area contributed by atoms with Crippen molar-refractivity contribution in [2.24, 2.45) is 0 Å². The van der Waals surface area contributed by atoms with E-state index < -0.39 is 9.84 Å². The third kappa shape index (κ3) is 4.76. The molecular weight excluding hydrogens is 284 g/mol. The lowest BCUT2D eigenvalue weighted by atomic mass is 10.3. The molecule has 0 aliphatic carbocycles. The Morgan fingerprint density at radius 2 is 2.16 bits per heavy atom. The Morgan fingerprint density at radius 3 is 2.79 bits per heavy atom. The molecule has 7 heteroatoms. The number of aromatic nitrogens is 1. The molecule has 19 heavy (non-hydrogen) atoms. The van der Waals surface area contributed by atoms with Crippen LogP contribution in [0.25, 0.3) is 0 Å². The van der Waals surface area contributed by atoms with Crippen LogP contribution < -0.4 is 5.32 Å². The minimum absolute atomic E-state index is 0.00558. The zero-order valence-electron chi connectivity index (χ0n) is 11.0. The first-order valence-electron chi connectivity index (χ1n) is 6.13. The summed E-state index contributed by atoms with van der Waals surface area (Å²) in [6.07, 6.45) is 7.08. The van der Waals surface area contributed by atoms with E-state index in [1.165, 1.54) is 6.20 Å². The number of hydrogen-bond acceptors (Lipinski definition) is 5. The fraction of sp³-hybridized carbons (Fsp3) is 0.500. The molecule has 0 atom stereocenters. The van der Waals surface area contributed by atoms with E-state index in [1.54, 1.807) is 6.92 Å². The maximum absolute atomic E-state index is 11.7. The van der Waals surface area contributed by atoms with Crippen LogP contribution >= 0.6 is 11.3 Å². The van der Waals surface area contributed by atoms with Crippen molar-refractivity contribution < 1.29 is 13.2 Å².